The third-order valence-corrected chi connectivity index (χ3v) is 2.82. The van der Waals surface area contributed by atoms with E-state index in [4.69, 9.17) is 0 Å². The van der Waals surface area contributed by atoms with E-state index in [9.17, 15) is 13.6 Å². The molecule has 1 rings (SSSR count). The Hall–Kier alpha value is -1.69. The number of ether oxygens (including phenoxy) is 1. The quantitative estimate of drug-likeness (QED) is 0.841. The highest BCUT2D eigenvalue weighted by molar-refractivity contribution is 5.96. The predicted molar refractivity (Wildman–Crippen MR) is 77.7 cm³/mol. The number of hydrogen-bond acceptors (Lipinski definition) is 3. The van der Waals surface area contributed by atoms with Crippen LogP contribution in [0.5, 0.6) is 5.75 Å². The maximum Gasteiger partial charge on any atom is 0.387 e. The van der Waals surface area contributed by atoms with Crippen molar-refractivity contribution in [1.29, 1.82) is 0 Å². The number of para-hydroxylation sites is 1. The summed E-state index contributed by atoms with van der Waals surface area (Å²) in [4.78, 5) is 14.2. The van der Waals surface area contributed by atoms with E-state index in [0.717, 1.165) is 6.54 Å². The van der Waals surface area contributed by atoms with Crippen molar-refractivity contribution < 1.29 is 18.3 Å². The van der Waals surface area contributed by atoms with Gasteiger partial charge in [-0.15, -0.1) is 0 Å². The number of halogens is 2. The maximum absolute atomic E-state index is 12.3. The second-order valence-electron chi connectivity index (χ2n) is 5.96. The zero-order valence-electron chi connectivity index (χ0n) is 12.8. The van der Waals surface area contributed by atoms with Gasteiger partial charge in [-0.3, -0.25) is 4.79 Å². The van der Waals surface area contributed by atoms with E-state index in [1.165, 1.54) is 12.1 Å². The van der Waals surface area contributed by atoms with Crippen molar-refractivity contribution in [3.05, 3.63) is 29.8 Å². The molecular formula is C15H22F2N2O2. The molecule has 6 heteroatoms. The number of nitrogens with one attached hydrogen (secondary N) is 1. The Labute approximate surface area is 124 Å². The van der Waals surface area contributed by atoms with Crippen LogP contribution >= 0.6 is 0 Å². The standard InChI is InChI=1S/C15H22F2N2O2/c1-15(2,10-19(3)4)9-18-13(20)11-7-5-6-8-12(11)21-14(16)17/h5-8,14H,9-10H2,1-4H3,(H,18,20). The molecule has 118 valence electrons. The Bertz CT molecular complexity index is 476. The molecule has 4 nitrogen and oxygen atoms in total. The van der Waals surface area contributed by atoms with Crippen LogP contribution in [0.4, 0.5) is 8.78 Å². The van der Waals surface area contributed by atoms with Gasteiger partial charge in [0.05, 0.1) is 5.56 Å². The first-order chi connectivity index (χ1) is 9.71. The Morgan fingerprint density at radius 2 is 1.95 bits per heavy atom. The average Bonchev–Trinajstić information content (AvgIpc) is 2.34. The highest BCUT2D eigenvalue weighted by atomic mass is 19.3. The van der Waals surface area contributed by atoms with Gasteiger partial charge in [0.15, 0.2) is 0 Å². The summed E-state index contributed by atoms with van der Waals surface area (Å²) in [6.07, 6.45) is 0. The molecule has 0 aliphatic carbocycles. The van der Waals surface area contributed by atoms with Crippen LogP contribution in [-0.2, 0) is 0 Å². The largest absolute Gasteiger partial charge is 0.434 e. The molecule has 0 unspecified atom stereocenters. The molecule has 0 heterocycles. The monoisotopic (exact) mass is 300 g/mol. The van der Waals surface area contributed by atoms with Gasteiger partial charge in [-0.1, -0.05) is 26.0 Å². The van der Waals surface area contributed by atoms with Gasteiger partial charge in [0.2, 0.25) is 0 Å². The first-order valence-corrected chi connectivity index (χ1v) is 6.68. The SMILES string of the molecule is CN(C)CC(C)(C)CNC(=O)c1ccccc1OC(F)F. The summed E-state index contributed by atoms with van der Waals surface area (Å²) in [5, 5.41) is 2.77. The third kappa shape index (κ3) is 6.08. The lowest BCUT2D eigenvalue weighted by atomic mass is 9.93. The molecule has 0 aromatic heterocycles. The Kier molecular flexibility index (Phi) is 6.08. The Balaban J connectivity index is 2.72. The number of benzene rings is 1. The van der Waals surface area contributed by atoms with Gasteiger partial charge in [-0.25, -0.2) is 0 Å². The van der Waals surface area contributed by atoms with Crippen molar-refractivity contribution in [2.75, 3.05) is 27.2 Å². The fourth-order valence-electron chi connectivity index (χ4n) is 2.18. The number of rotatable bonds is 7. The Morgan fingerprint density at radius 3 is 2.52 bits per heavy atom. The first-order valence-electron chi connectivity index (χ1n) is 6.68. The lowest BCUT2D eigenvalue weighted by Crippen LogP contribution is -2.40. The molecule has 1 N–H and O–H groups in total. The summed E-state index contributed by atoms with van der Waals surface area (Å²) in [7, 11) is 3.91. The van der Waals surface area contributed by atoms with Crippen LogP contribution in [0.2, 0.25) is 0 Å². The van der Waals surface area contributed by atoms with Gasteiger partial charge < -0.3 is 15.0 Å². The fourth-order valence-corrected chi connectivity index (χ4v) is 2.18. The average molecular weight is 300 g/mol. The number of hydrogen-bond donors (Lipinski definition) is 1. The molecular weight excluding hydrogens is 278 g/mol. The molecule has 0 fully saturated rings. The number of alkyl halides is 2. The van der Waals surface area contributed by atoms with E-state index >= 15 is 0 Å². The molecule has 1 aromatic carbocycles. The normalized spacial score (nSPS) is 11.8. The second-order valence-corrected chi connectivity index (χ2v) is 5.96. The number of carbonyl (C=O) groups is 1. The van der Waals surface area contributed by atoms with Crippen LogP contribution < -0.4 is 10.1 Å². The number of carbonyl (C=O) groups excluding carboxylic acids is 1. The molecule has 0 atom stereocenters. The van der Waals surface area contributed by atoms with Crippen molar-refractivity contribution in [2.45, 2.75) is 20.5 Å². The van der Waals surface area contributed by atoms with E-state index in [2.05, 4.69) is 10.1 Å². The van der Waals surface area contributed by atoms with Crippen LogP contribution in [-0.4, -0.2) is 44.6 Å². The van der Waals surface area contributed by atoms with Gasteiger partial charge in [0, 0.05) is 13.1 Å². The Morgan fingerprint density at radius 1 is 1.33 bits per heavy atom. The molecule has 1 aromatic rings. The van der Waals surface area contributed by atoms with E-state index in [-0.39, 0.29) is 16.7 Å². The van der Waals surface area contributed by atoms with Crippen molar-refractivity contribution in [2.24, 2.45) is 5.41 Å². The van der Waals surface area contributed by atoms with E-state index in [1.54, 1.807) is 12.1 Å². The predicted octanol–water partition coefficient (Wildman–Crippen LogP) is 2.61. The lowest BCUT2D eigenvalue weighted by Gasteiger charge is -2.28. The van der Waals surface area contributed by atoms with Gasteiger partial charge in [0.25, 0.3) is 5.91 Å². The minimum absolute atomic E-state index is 0.110. The minimum atomic E-state index is -2.95. The van der Waals surface area contributed by atoms with Crippen molar-refractivity contribution >= 4 is 5.91 Å². The maximum atomic E-state index is 12.3. The third-order valence-electron chi connectivity index (χ3n) is 2.82. The smallest absolute Gasteiger partial charge is 0.387 e. The van der Waals surface area contributed by atoms with Crippen LogP contribution in [0.15, 0.2) is 24.3 Å². The van der Waals surface area contributed by atoms with Gasteiger partial charge in [-0.2, -0.15) is 8.78 Å². The van der Waals surface area contributed by atoms with Crippen molar-refractivity contribution in [1.82, 2.24) is 10.2 Å². The number of amides is 1. The summed E-state index contributed by atoms with van der Waals surface area (Å²) in [5.74, 6) is -0.534. The van der Waals surface area contributed by atoms with Crippen molar-refractivity contribution in [3.63, 3.8) is 0 Å². The summed E-state index contributed by atoms with van der Waals surface area (Å²) < 4.78 is 29.0. The zero-order chi connectivity index (χ0) is 16.0. The van der Waals surface area contributed by atoms with Gasteiger partial charge in [0.1, 0.15) is 5.75 Å². The highest BCUT2D eigenvalue weighted by Gasteiger charge is 2.21. The molecule has 0 bridgehead atoms. The zero-order valence-corrected chi connectivity index (χ0v) is 12.8. The topological polar surface area (TPSA) is 41.6 Å². The van der Waals surface area contributed by atoms with E-state index < -0.39 is 12.5 Å². The molecule has 21 heavy (non-hydrogen) atoms. The van der Waals surface area contributed by atoms with Crippen LogP contribution in [0.25, 0.3) is 0 Å². The summed E-state index contributed by atoms with van der Waals surface area (Å²) in [6.45, 7) is 2.32. The summed E-state index contributed by atoms with van der Waals surface area (Å²) >= 11 is 0. The van der Waals surface area contributed by atoms with Crippen LogP contribution in [0, 0.1) is 5.41 Å². The lowest BCUT2D eigenvalue weighted by molar-refractivity contribution is -0.0501. The molecule has 0 aliphatic rings. The summed E-state index contributed by atoms with van der Waals surface area (Å²) in [5.41, 5.74) is -0.0176. The first kappa shape index (κ1) is 17.4. The van der Waals surface area contributed by atoms with Crippen LogP contribution in [0.3, 0.4) is 0 Å². The molecule has 0 radical (unpaired) electrons. The van der Waals surface area contributed by atoms with Crippen molar-refractivity contribution in [3.8, 4) is 5.75 Å². The second kappa shape index (κ2) is 7.36. The molecule has 0 aliphatic heterocycles. The highest BCUT2D eigenvalue weighted by Crippen LogP contribution is 2.21. The summed E-state index contributed by atoms with van der Waals surface area (Å²) in [6, 6.07) is 5.97. The van der Waals surface area contributed by atoms with Crippen LogP contribution in [0.1, 0.15) is 24.2 Å². The van der Waals surface area contributed by atoms with E-state index in [0.29, 0.717) is 6.54 Å². The van der Waals surface area contributed by atoms with E-state index in [1.807, 2.05) is 32.8 Å². The molecule has 0 saturated heterocycles. The fraction of sp³-hybridized carbons (Fsp3) is 0.533. The molecule has 0 saturated carbocycles. The molecule has 0 spiro atoms. The molecule has 1 amide bonds. The number of nitrogens with zero attached hydrogens (tertiary/aromatic N) is 1. The van der Waals surface area contributed by atoms with Gasteiger partial charge in [-0.05, 0) is 31.6 Å². The van der Waals surface area contributed by atoms with Gasteiger partial charge >= 0.3 is 6.61 Å². The minimum Gasteiger partial charge on any atom is -0.434 e.